The number of nitrogens with zero attached hydrogens (tertiary/aromatic N) is 1. The highest BCUT2D eigenvalue weighted by Crippen LogP contribution is 2.30. The normalized spacial score (nSPS) is 11.4. The fraction of sp³-hybridized carbons (Fsp3) is 0.0690. The number of halogens is 1. The highest BCUT2D eigenvalue weighted by Gasteiger charge is 2.09. The van der Waals surface area contributed by atoms with E-state index in [1.54, 1.807) is 0 Å². The summed E-state index contributed by atoms with van der Waals surface area (Å²) < 4.78 is 6.36. The molecule has 156 valence electrons. The first-order valence-electron chi connectivity index (χ1n) is 10.6. The van der Waals surface area contributed by atoms with E-state index in [0.717, 1.165) is 38.9 Å². The number of hydrogen-bond donors (Lipinski definition) is 0. The molecule has 0 aliphatic heterocycles. The Morgan fingerprint density at radius 3 is 2.34 bits per heavy atom. The van der Waals surface area contributed by atoms with E-state index in [2.05, 4.69) is 60.7 Å². The van der Waals surface area contributed by atoms with Gasteiger partial charge in [0.2, 0.25) is 0 Å². The zero-order valence-electron chi connectivity index (χ0n) is 17.8. The number of benzene rings is 5. The van der Waals surface area contributed by atoms with Crippen LogP contribution in [-0.2, 0) is 6.61 Å². The Kier molecular flexibility index (Phi) is 5.62. The van der Waals surface area contributed by atoms with E-state index in [1.165, 1.54) is 10.8 Å². The van der Waals surface area contributed by atoms with Crippen molar-refractivity contribution in [3.8, 4) is 5.75 Å². The lowest BCUT2D eigenvalue weighted by molar-refractivity contribution is 0.307. The Bertz CT molecular complexity index is 1450. The van der Waals surface area contributed by atoms with E-state index in [0.29, 0.717) is 11.6 Å². The Labute approximate surface area is 192 Å². The Balaban J connectivity index is 1.54. The van der Waals surface area contributed by atoms with Gasteiger partial charge in [-0.15, -0.1) is 0 Å². The van der Waals surface area contributed by atoms with Crippen LogP contribution in [0.5, 0.6) is 5.75 Å². The fourth-order valence-corrected chi connectivity index (χ4v) is 4.13. The molecule has 0 fully saturated rings. The summed E-state index contributed by atoms with van der Waals surface area (Å²) in [6, 6.07) is 32.9. The smallest absolute Gasteiger partial charge is 0.129 e. The van der Waals surface area contributed by atoms with Gasteiger partial charge in [0.1, 0.15) is 12.4 Å². The molecule has 3 heteroatoms. The molecule has 32 heavy (non-hydrogen) atoms. The summed E-state index contributed by atoms with van der Waals surface area (Å²) in [5.41, 5.74) is 4.04. The van der Waals surface area contributed by atoms with E-state index in [4.69, 9.17) is 21.3 Å². The highest BCUT2D eigenvalue weighted by molar-refractivity contribution is 6.30. The number of fused-ring (bicyclic) bond motifs is 2. The second-order valence-corrected chi connectivity index (χ2v) is 8.25. The van der Waals surface area contributed by atoms with Gasteiger partial charge in [-0.2, -0.15) is 0 Å². The Morgan fingerprint density at radius 2 is 1.50 bits per heavy atom. The van der Waals surface area contributed by atoms with Gasteiger partial charge in [-0.3, -0.25) is 4.99 Å². The van der Waals surface area contributed by atoms with Crippen LogP contribution in [0, 0.1) is 6.92 Å². The number of rotatable bonds is 5. The predicted molar refractivity (Wildman–Crippen MR) is 136 cm³/mol. The van der Waals surface area contributed by atoms with Gasteiger partial charge in [-0.1, -0.05) is 90.5 Å². The largest absolute Gasteiger partial charge is 0.488 e. The number of aliphatic imine (C=N–C) groups is 1. The lowest BCUT2D eigenvalue weighted by atomic mass is 10.0. The lowest BCUT2D eigenvalue weighted by Gasteiger charge is -2.13. The summed E-state index contributed by atoms with van der Waals surface area (Å²) in [6.07, 6.45) is 1.89. The minimum Gasteiger partial charge on any atom is -0.488 e. The van der Waals surface area contributed by atoms with Crippen LogP contribution in [-0.4, -0.2) is 6.21 Å². The standard InChI is InChI=1S/C29H22ClNO/c1-20-13-15-24(30)17-28(20)31-18-27-26-12-5-3-8-22(26)14-16-29(27)32-19-23-10-6-9-21-7-2-4-11-25(21)23/h2-18H,19H2,1H3. The third-order valence-corrected chi connectivity index (χ3v) is 5.93. The van der Waals surface area contributed by atoms with Crippen LogP contribution in [0.25, 0.3) is 21.5 Å². The molecule has 0 unspecified atom stereocenters. The van der Waals surface area contributed by atoms with E-state index in [-0.39, 0.29) is 0 Å². The van der Waals surface area contributed by atoms with Gasteiger partial charge in [-0.05, 0) is 57.8 Å². The SMILES string of the molecule is Cc1ccc(Cl)cc1N=Cc1c(OCc2cccc3ccccc23)ccc2ccccc12. The Morgan fingerprint density at radius 1 is 0.781 bits per heavy atom. The van der Waals surface area contributed by atoms with Crippen LogP contribution in [0.15, 0.2) is 102 Å². The molecule has 5 aromatic rings. The first-order chi connectivity index (χ1) is 15.7. The van der Waals surface area contributed by atoms with Crippen molar-refractivity contribution in [3.63, 3.8) is 0 Å². The van der Waals surface area contributed by atoms with Crippen LogP contribution in [0.3, 0.4) is 0 Å². The summed E-state index contributed by atoms with van der Waals surface area (Å²) in [6.45, 7) is 2.51. The van der Waals surface area contributed by atoms with E-state index < -0.39 is 0 Å². The van der Waals surface area contributed by atoms with Gasteiger partial charge in [0.15, 0.2) is 0 Å². The third-order valence-electron chi connectivity index (χ3n) is 5.70. The van der Waals surface area contributed by atoms with Crippen LogP contribution in [0.4, 0.5) is 5.69 Å². The number of aryl methyl sites for hydroxylation is 1. The molecule has 0 heterocycles. The van der Waals surface area contributed by atoms with Crippen molar-refractivity contribution >= 4 is 45.0 Å². The average Bonchev–Trinajstić information content (AvgIpc) is 2.83. The van der Waals surface area contributed by atoms with Crippen molar-refractivity contribution in [2.24, 2.45) is 4.99 Å². The minimum absolute atomic E-state index is 0.483. The van der Waals surface area contributed by atoms with Crippen molar-refractivity contribution in [1.29, 1.82) is 0 Å². The molecule has 5 aromatic carbocycles. The van der Waals surface area contributed by atoms with Crippen LogP contribution in [0.1, 0.15) is 16.7 Å². The second-order valence-electron chi connectivity index (χ2n) is 7.81. The van der Waals surface area contributed by atoms with Crippen LogP contribution >= 0.6 is 11.6 Å². The van der Waals surface area contributed by atoms with Crippen LogP contribution in [0.2, 0.25) is 5.02 Å². The second kappa shape index (κ2) is 8.86. The number of hydrogen-bond acceptors (Lipinski definition) is 2. The van der Waals surface area contributed by atoms with Crippen molar-refractivity contribution in [2.75, 3.05) is 0 Å². The van der Waals surface area contributed by atoms with Crippen molar-refractivity contribution < 1.29 is 4.74 Å². The molecular formula is C29H22ClNO. The highest BCUT2D eigenvalue weighted by atomic mass is 35.5. The lowest BCUT2D eigenvalue weighted by Crippen LogP contribution is -2.00. The zero-order chi connectivity index (χ0) is 21.9. The molecule has 0 amide bonds. The van der Waals surface area contributed by atoms with Gasteiger partial charge in [0, 0.05) is 16.8 Å². The molecule has 0 aliphatic rings. The molecule has 0 saturated heterocycles. The molecule has 5 rings (SSSR count). The molecular weight excluding hydrogens is 414 g/mol. The van der Waals surface area contributed by atoms with Crippen molar-refractivity contribution in [1.82, 2.24) is 0 Å². The monoisotopic (exact) mass is 435 g/mol. The average molecular weight is 436 g/mol. The summed E-state index contributed by atoms with van der Waals surface area (Å²) >= 11 is 6.19. The summed E-state index contributed by atoms with van der Waals surface area (Å²) in [4.78, 5) is 4.76. The first kappa shape index (κ1) is 20.3. The number of ether oxygens (including phenoxy) is 1. The molecule has 2 nitrogen and oxygen atoms in total. The molecule has 0 atom stereocenters. The fourth-order valence-electron chi connectivity index (χ4n) is 3.96. The van der Waals surface area contributed by atoms with Crippen LogP contribution < -0.4 is 4.74 Å². The van der Waals surface area contributed by atoms with Crippen molar-refractivity contribution in [3.05, 3.63) is 119 Å². The zero-order valence-corrected chi connectivity index (χ0v) is 18.5. The van der Waals surface area contributed by atoms with E-state index >= 15 is 0 Å². The van der Waals surface area contributed by atoms with E-state index in [1.807, 2.05) is 49.5 Å². The van der Waals surface area contributed by atoms with Gasteiger partial charge >= 0.3 is 0 Å². The maximum absolute atomic E-state index is 6.36. The summed E-state index contributed by atoms with van der Waals surface area (Å²) in [5.74, 6) is 0.806. The third kappa shape index (κ3) is 4.10. The minimum atomic E-state index is 0.483. The van der Waals surface area contributed by atoms with E-state index in [9.17, 15) is 0 Å². The molecule has 0 aromatic heterocycles. The Hall–Kier alpha value is -3.62. The van der Waals surface area contributed by atoms with Gasteiger partial charge in [0.05, 0.1) is 5.69 Å². The molecule has 0 N–H and O–H groups in total. The quantitative estimate of drug-likeness (QED) is 0.254. The molecule has 0 saturated carbocycles. The summed E-state index contributed by atoms with van der Waals surface area (Å²) in [5, 5.41) is 5.35. The molecule has 0 aliphatic carbocycles. The first-order valence-corrected chi connectivity index (χ1v) is 11.0. The predicted octanol–water partition coefficient (Wildman–Crippen LogP) is 8.28. The molecule has 0 bridgehead atoms. The van der Waals surface area contributed by atoms with Gasteiger partial charge in [0.25, 0.3) is 0 Å². The molecule has 0 spiro atoms. The topological polar surface area (TPSA) is 21.6 Å². The maximum Gasteiger partial charge on any atom is 0.129 e. The van der Waals surface area contributed by atoms with Gasteiger partial charge < -0.3 is 4.74 Å². The molecule has 0 radical (unpaired) electrons. The van der Waals surface area contributed by atoms with Gasteiger partial charge in [-0.25, -0.2) is 0 Å². The van der Waals surface area contributed by atoms with Crippen molar-refractivity contribution in [2.45, 2.75) is 13.5 Å². The summed E-state index contributed by atoms with van der Waals surface area (Å²) in [7, 11) is 0. The maximum atomic E-state index is 6.36.